The van der Waals surface area contributed by atoms with Crippen LogP contribution in [0.5, 0.6) is 0 Å². The van der Waals surface area contributed by atoms with E-state index in [0.717, 1.165) is 11.3 Å². The largest absolute Gasteiger partial charge is 0.325 e. The van der Waals surface area contributed by atoms with Gasteiger partial charge < -0.3 is 5.32 Å². The van der Waals surface area contributed by atoms with Crippen LogP contribution in [0, 0.1) is 0 Å². The zero-order chi connectivity index (χ0) is 20.9. The summed E-state index contributed by atoms with van der Waals surface area (Å²) >= 11 is 7.34. The number of anilines is 1. The number of carbonyl (C=O) groups excluding carboxylic acids is 1. The van der Waals surface area contributed by atoms with E-state index >= 15 is 0 Å². The highest BCUT2D eigenvalue weighted by molar-refractivity contribution is 7.99. The summed E-state index contributed by atoms with van der Waals surface area (Å²) < 4.78 is 1.59. The average Bonchev–Trinajstić information content (AvgIpc) is 2.75. The molecule has 150 valence electrons. The molecule has 1 amide bonds. The number of para-hydroxylation sites is 2. The molecule has 5 nitrogen and oxygen atoms in total. The Kier molecular flexibility index (Phi) is 6.16. The highest BCUT2D eigenvalue weighted by Crippen LogP contribution is 2.20. The van der Waals surface area contributed by atoms with E-state index in [4.69, 9.17) is 11.6 Å². The number of nitrogens with zero attached hydrogens (tertiary/aromatic N) is 2. The quantitative estimate of drug-likeness (QED) is 0.348. The number of amides is 1. The van der Waals surface area contributed by atoms with Gasteiger partial charge in [-0.1, -0.05) is 65.8 Å². The average molecular weight is 436 g/mol. The zero-order valence-electron chi connectivity index (χ0n) is 15.9. The molecule has 0 atom stereocenters. The first kappa shape index (κ1) is 20.2. The fraction of sp³-hybridized carbons (Fsp3) is 0.0870. The minimum atomic E-state index is -0.164. The lowest BCUT2D eigenvalue weighted by Crippen LogP contribution is -2.24. The number of aromatic nitrogens is 2. The van der Waals surface area contributed by atoms with Crippen LogP contribution in [-0.2, 0) is 11.3 Å². The third-order valence-electron chi connectivity index (χ3n) is 4.45. The number of nitrogens with one attached hydrogen (secondary N) is 1. The maximum Gasteiger partial charge on any atom is 0.262 e. The van der Waals surface area contributed by atoms with E-state index in [-0.39, 0.29) is 17.2 Å². The fourth-order valence-electron chi connectivity index (χ4n) is 3.06. The van der Waals surface area contributed by atoms with Gasteiger partial charge in [0.25, 0.3) is 5.56 Å². The van der Waals surface area contributed by atoms with Gasteiger partial charge in [0.2, 0.25) is 5.91 Å². The number of rotatable bonds is 6. The molecule has 0 spiro atoms. The van der Waals surface area contributed by atoms with Gasteiger partial charge in [0.1, 0.15) is 0 Å². The standard InChI is InChI=1S/C23H18ClN3O2S/c24-17-8-6-7-16(13-17)14-27-22(29)19-11-4-5-12-20(19)26-23(27)30-15-21(28)25-18-9-2-1-3-10-18/h1-13H,14-15H2,(H,25,28). The van der Waals surface area contributed by atoms with Crippen LogP contribution in [0.4, 0.5) is 5.69 Å². The second-order valence-corrected chi connectivity index (χ2v) is 8.01. The van der Waals surface area contributed by atoms with Crippen LogP contribution in [0.15, 0.2) is 88.8 Å². The van der Waals surface area contributed by atoms with Crippen molar-refractivity contribution in [1.29, 1.82) is 0 Å². The molecule has 1 heterocycles. The van der Waals surface area contributed by atoms with Gasteiger partial charge in [-0.25, -0.2) is 4.98 Å². The molecular formula is C23H18ClN3O2S. The maximum atomic E-state index is 13.2. The predicted molar refractivity (Wildman–Crippen MR) is 122 cm³/mol. The highest BCUT2D eigenvalue weighted by Gasteiger charge is 2.14. The number of fused-ring (bicyclic) bond motifs is 1. The van der Waals surface area contributed by atoms with Crippen LogP contribution in [-0.4, -0.2) is 21.2 Å². The van der Waals surface area contributed by atoms with Crippen molar-refractivity contribution in [3.05, 3.63) is 99.8 Å². The third-order valence-corrected chi connectivity index (χ3v) is 5.66. The second kappa shape index (κ2) is 9.15. The summed E-state index contributed by atoms with van der Waals surface area (Å²) in [6, 6.07) is 23.8. The van der Waals surface area contributed by atoms with E-state index in [2.05, 4.69) is 10.3 Å². The van der Waals surface area contributed by atoms with Gasteiger partial charge in [-0.2, -0.15) is 0 Å². The van der Waals surface area contributed by atoms with Gasteiger partial charge >= 0.3 is 0 Å². The number of hydrogen-bond acceptors (Lipinski definition) is 4. The van der Waals surface area contributed by atoms with Crippen LogP contribution >= 0.6 is 23.4 Å². The molecule has 1 N–H and O–H groups in total. The predicted octanol–water partition coefficient (Wildman–Crippen LogP) is 4.83. The van der Waals surface area contributed by atoms with Crippen molar-refractivity contribution in [2.24, 2.45) is 0 Å². The normalized spacial score (nSPS) is 10.8. The van der Waals surface area contributed by atoms with E-state index in [1.807, 2.05) is 60.7 Å². The van der Waals surface area contributed by atoms with Gasteiger partial charge in [0.15, 0.2) is 5.16 Å². The maximum absolute atomic E-state index is 13.2. The molecule has 0 radical (unpaired) electrons. The summed E-state index contributed by atoms with van der Waals surface area (Å²) in [5, 5.41) is 4.48. The smallest absolute Gasteiger partial charge is 0.262 e. The lowest BCUT2D eigenvalue weighted by molar-refractivity contribution is -0.113. The van der Waals surface area contributed by atoms with Gasteiger partial charge in [-0.3, -0.25) is 14.2 Å². The molecule has 0 unspecified atom stereocenters. The molecule has 0 saturated heterocycles. The molecule has 30 heavy (non-hydrogen) atoms. The molecule has 7 heteroatoms. The number of hydrogen-bond donors (Lipinski definition) is 1. The van der Waals surface area contributed by atoms with Crippen LogP contribution in [0.3, 0.4) is 0 Å². The van der Waals surface area contributed by atoms with E-state index < -0.39 is 0 Å². The summed E-state index contributed by atoms with van der Waals surface area (Å²) in [6.45, 7) is 0.319. The minimum absolute atomic E-state index is 0.134. The molecule has 3 aromatic carbocycles. The lowest BCUT2D eigenvalue weighted by Gasteiger charge is -2.13. The molecule has 0 aliphatic rings. The molecule has 0 bridgehead atoms. The molecule has 0 fully saturated rings. The van der Waals surface area contributed by atoms with Gasteiger partial charge in [0.05, 0.1) is 23.2 Å². The lowest BCUT2D eigenvalue weighted by atomic mass is 10.2. The first-order valence-corrected chi connectivity index (χ1v) is 10.7. The number of carbonyl (C=O) groups is 1. The molecule has 0 saturated carbocycles. The summed E-state index contributed by atoms with van der Waals surface area (Å²) in [5.74, 6) is -0.0298. The second-order valence-electron chi connectivity index (χ2n) is 6.64. The highest BCUT2D eigenvalue weighted by atomic mass is 35.5. The van der Waals surface area contributed by atoms with Crippen molar-refractivity contribution in [3.63, 3.8) is 0 Å². The summed E-state index contributed by atoms with van der Waals surface area (Å²) in [4.78, 5) is 30.2. The van der Waals surface area contributed by atoms with Crippen molar-refractivity contribution < 1.29 is 4.79 Å². The van der Waals surface area contributed by atoms with Gasteiger partial charge in [-0.15, -0.1) is 0 Å². The van der Waals surface area contributed by atoms with Crippen LogP contribution in [0.1, 0.15) is 5.56 Å². The van der Waals surface area contributed by atoms with E-state index in [1.54, 1.807) is 22.8 Å². The first-order chi connectivity index (χ1) is 14.6. The number of benzene rings is 3. The van der Waals surface area contributed by atoms with Crippen molar-refractivity contribution in [1.82, 2.24) is 9.55 Å². The van der Waals surface area contributed by atoms with Crippen molar-refractivity contribution in [2.45, 2.75) is 11.7 Å². The number of thioether (sulfide) groups is 1. The molecule has 4 rings (SSSR count). The van der Waals surface area contributed by atoms with Gasteiger partial charge in [-0.05, 0) is 42.0 Å². The Bertz CT molecular complexity index is 1260. The Morgan fingerprint density at radius 3 is 2.57 bits per heavy atom. The van der Waals surface area contributed by atoms with Crippen molar-refractivity contribution >= 4 is 45.9 Å². The van der Waals surface area contributed by atoms with E-state index in [9.17, 15) is 9.59 Å². The summed E-state index contributed by atoms with van der Waals surface area (Å²) in [6.07, 6.45) is 0. The monoisotopic (exact) mass is 435 g/mol. The zero-order valence-corrected chi connectivity index (χ0v) is 17.5. The van der Waals surface area contributed by atoms with Crippen LogP contribution in [0.25, 0.3) is 10.9 Å². The van der Waals surface area contributed by atoms with Crippen molar-refractivity contribution in [3.8, 4) is 0 Å². The Morgan fingerprint density at radius 2 is 1.77 bits per heavy atom. The molecule has 0 aliphatic carbocycles. The minimum Gasteiger partial charge on any atom is -0.325 e. The molecule has 1 aromatic heterocycles. The topological polar surface area (TPSA) is 64.0 Å². The van der Waals surface area contributed by atoms with Gasteiger partial charge in [0, 0.05) is 10.7 Å². The molecule has 4 aromatic rings. The Hall–Kier alpha value is -3.09. The molecular weight excluding hydrogens is 418 g/mol. The summed E-state index contributed by atoms with van der Waals surface area (Å²) in [5.41, 5.74) is 2.07. The number of halogens is 1. The first-order valence-electron chi connectivity index (χ1n) is 9.32. The van der Waals surface area contributed by atoms with E-state index in [1.165, 1.54) is 11.8 Å². The Labute approximate surface area is 182 Å². The summed E-state index contributed by atoms with van der Waals surface area (Å²) in [7, 11) is 0. The van der Waals surface area contributed by atoms with E-state index in [0.29, 0.717) is 27.6 Å². The Balaban J connectivity index is 1.63. The van der Waals surface area contributed by atoms with Crippen LogP contribution < -0.4 is 10.9 Å². The Morgan fingerprint density at radius 1 is 1.00 bits per heavy atom. The van der Waals surface area contributed by atoms with Crippen molar-refractivity contribution in [2.75, 3.05) is 11.1 Å². The molecule has 0 aliphatic heterocycles. The fourth-order valence-corrected chi connectivity index (χ4v) is 4.08. The SMILES string of the molecule is O=C(CSc1nc2ccccc2c(=O)n1Cc1cccc(Cl)c1)Nc1ccccc1. The third kappa shape index (κ3) is 4.72. The van der Waals surface area contributed by atoms with Crippen LogP contribution in [0.2, 0.25) is 5.02 Å².